The molecule has 0 amide bonds. The summed E-state index contributed by atoms with van der Waals surface area (Å²) in [5.41, 5.74) is 0.713. The van der Waals surface area contributed by atoms with Gasteiger partial charge in [0.2, 0.25) is 5.65 Å². The van der Waals surface area contributed by atoms with Gasteiger partial charge in [0.25, 0.3) is 5.82 Å². The van der Waals surface area contributed by atoms with E-state index >= 15 is 0 Å². The minimum atomic E-state index is -1.21. The lowest BCUT2D eigenvalue weighted by molar-refractivity contribution is 0.0682. The van der Waals surface area contributed by atoms with Crippen LogP contribution in [0.15, 0.2) is 16.7 Å². The van der Waals surface area contributed by atoms with Crippen molar-refractivity contribution in [1.29, 1.82) is 0 Å². The number of fused-ring (bicyclic) bond motifs is 1. The third kappa shape index (κ3) is 1.53. The van der Waals surface area contributed by atoms with Crippen molar-refractivity contribution in [2.75, 3.05) is 0 Å². The van der Waals surface area contributed by atoms with E-state index in [0.717, 1.165) is 0 Å². The smallest absolute Gasteiger partial charge is 0.375 e. The van der Waals surface area contributed by atoms with Gasteiger partial charge in [0.1, 0.15) is 5.52 Å². The highest BCUT2D eigenvalue weighted by Gasteiger charge is 2.09. The van der Waals surface area contributed by atoms with Crippen molar-refractivity contribution in [3.63, 3.8) is 0 Å². The van der Waals surface area contributed by atoms with Crippen LogP contribution in [0.4, 0.5) is 0 Å². The van der Waals surface area contributed by atoms with E-state index in [1.165, 1.54) is 0 Å². The van der Waals surface area contributed by atoms with Gasteiger partial charge in [-0.05, 0) is 22.0 Å². The number of pyridine rings is 1. The second-order valence-electron chi connectivity index (χ2n) is 2.44. The molecule has 0 fully saturated rings. The molecule has 0 spiro atoms. The first-order valence-electron chi connectivity index (χ1n) is 3.56. The SMILES string of the molecule is O=C(O)c1nnc2ncc(Br)cc2n1. The van der Waals surface area contributed by atoms with E-state index in [2.05, 4.69) is 36.1 Å². The largest absolute Gasteiger partial charge is 0.475 e. The maximum atomic E-state index is 10.5. The fraction of sp³-hybridized carbons (Fsp3) is 0. The number of aromatic nitrogens is 4. The number of rotatable bonds is 1. The fourth-order valence-electron chi connectivity index (χ4n) is 0.902. The Hall–Kier alpha value is -1.63. The van der Waals surface area contributed by atoms with Gasteiger partial charge in [-0.1, -0.05) is 0 Å². The lowest BCUT2D eigenvalue weighted by atomic mass is 10.4. The van der Waals surface area contributed by atoms with Crippen LogP contribution in [0.5, 0.6) is 0 Å². The van der Waals surface area contributed by atoms with Gasteiger partial charge in [0.05, 0.1) is 0 Å². The zero-order valence-electron chi connectivity index (χ0n) is 6.68. The van der Waals surface area contributed by atoms with E-state index in [1.807, 2.05) is 0 Å². The minimum absolute atomic E-state index is 0.318. The third-order valence-electron chi connectivity index (χ3n) is 1.47. The van der Waals surface area contributed by atoms with Crippen LogP contribution in [-0.2, 0) is 0 Å². The van der Waals surface area contributed by atoms with Gasteiger partial charge in [-0.2, -0.15) is 0 Å². The highest BCUT2D eigenvalue weighted by molar-refractivity contribution is 9.10. The summed E-state index contributed by atoms with van der Waals surface area (Å²) in [6.45, 7) is 0. The summed E-state index contributed by atoms with van der Waals surface area (Å²) >= 11 is 3.20. The molecule has 1 N–H and O–H groups in total. The average molecular weight is 255 g/mol. The molecular weight excluding hydrogens is 252 g/mol. The zero-order chi connectivity index (χ0) is 10.1. The molecule has 0 aromatic carbocycles. The molecule has 7 heteroatoms. The number of hydrogen-bond acceptors (Lipinski definition) is 5. The van der Waals surface area contributed by atoms with Crippen LogP contribution in [0.3, 0.4) is 0 Å². The summed E-state index contributed by atoms with van der Waals surface area (Å²) in [4.78, 5) is 18.2. The highest BCUT2D eigenvalue weighted by atomic mass is 79.9. The quantitative estimate of drug-likeness (QED) is 0.813. The summed E-state index contributed by atoms with van der Waals surface area (Å²) in [7, 11) is 0. The molecular formula is C7H3BrN4O2. The highest BCUT2D eigenvalue weighted by Crippen LogP contribution is 2.12. The molecule has 14 heavy (non-hydrogen) atoms. The topological polar surface area (TPSA) is 88.9 Å². The zero-order valence-corrected chi connectivity index (χ0v) is 8.26. The predicted molar refractivity (Wildman–Crippen MR) is 49.8 cm³/mol. The van der Waals surface area contributed by atoms with Crippen molar-refractivity contribution < 1.29 is 9.90 Å². The van der Waals surface area contributed by atoms with Crippen LogP contribution >= 0.6 is 15.9 Å². The van der Waals surface area contributed by atoms with E-state index in [0.29, 0.717) is 15.6 Å². The first-order chi connectivity index (χ1) is 6.66. The van der Waals surface area contributed by atoms with Gasteiger partial charge in [-0.3, -0.25) is 0 Å². The molecule has 0 aliphatic rings. The lowest BCUT2D eigenvalue weighted by Gasteiger charge is -1.96. The third-order valence-corrected chi connectivity index (χ3v) is 1.90. The van der Waals surface area contributed by atoms with Gasteiger partial charge < -0.3 is 5.11 Å². The summed E-state index contributed by atoms with van der Waals surface area (Å²) < 4.78 is 0.710. The molecule has 0 unspecified atom stereocenters. The molecule has 70 valence electrons. The molecule has 0 aliphatic carbocycles. The van der Waals surface area contributed by atoms with Gasteiger partial charge in [-0.15, -0.1) is 10.2 Å². The summed E-state index contributed by atoms with van der Waals surface area (Å²) in [6.07, 6.45) is 1.54. The number of nitrogens with zero attached hydrogens (tertiary/aromatic N) is 4. The number of halogens is 1. The van der Waals surface area contributed by atoms with Gasteiger partial charge in [0.15, 0.2) is 0 Å². The average Bonchev–Trinajstić information content (AvgIpc) is 2.16. The monoisotopic (exact) mass is 254 g/mol. The van der Waals surface area contributed by atoms with Crippen molar-refractivity contribution in [1.82, 2.24) is 20.2 Å². The molecule has 0 saturated carbocycles. The summed E-state index contributed by atoms with van der Waals surface area (Å²) in [5, 5.41) is 15.6. The molecule has 2 aromatic rings. The number of carboxylic acid groups (broad SMARTS) is 1. The second-order valence-corrected chi connectivity index (χ2v) is 3.35. The van der Waals surface area contributed by atoms with Crippen molar-refractivity contribution in [2.45, 2.75) is 0 Å². The summed E-state index contributed by atoms with van der Waals surface area (Å²) in [5.74, 6) is -1.54. The van der Waals surface area contributed by atoms with E-state index in [4.69, 9.17) is 5.11 Å². The van der Waals surface area contributed by atoms with Gasteiger partial charge in [-0.25, -0.2) is 14.8 Å². The molecule has 0 radical (unpaired) electrons. The maximum Gasteiger partial charge on any atom is 0.375 e. The Labute approximate surface area is 86.1 Å². The summed E-state index contributed by atoms with van der Waals surface area (Å²) in [6, 6.07) is 1.63. The van der Waals surface area contributed by atoms with Crippen LogP contribution in [0, 0.1) is 0 Å². The van der Waals surface area contributed by atoms with E-state index in [9.17, 15) is 4.79 Å². The van der Waals surface area contributed by atoms with Crippen LogP contribution in [0.2, 0.25) is 0 Å². The molecule has 6 nitrogen and oxygen atoms in total. The standard InChI is InChI=1S/C7H3BrN4O2/c8-3-1-4-5(9-2-3)11-12-6(10-4)7(13)14/h1-2H,(H,13,14). The molecule has 0 bridgehead atoms. The predicted octanol–water partition coefficient (Wildman–Crippen LogP) is 0.880. The molecule has 0 aliphatic heterocycles. The van der Waals surface area contributed by atoms with Crippen LogP contribution in [0.1, 0.15) is 10.6 Å². The first kappa shape index (κ1) is 8.95. The Balaban J connectivity index is 2.69. The Bertz CT molecular complexity index is 516. The Morgan fingerprint density at radius 2 is 2.21 bits per heavy atom. The number of aromatic carboxylic acids is 1. The minimum Gasteiger partial charge on any atom is -0.475 e. The number of hydrogen-bond donors (Lipinski definition) is 1. The first-order valence-corrected chi connectivity index (χ1v) is 4.35. The lowest BCUT2D eigenvalue weighted by Crippen LogP contribution is -2.06. The molecule has 2 heterocycles. The van der Waals surface area contributed by atoms with Crippen molar-refractivity contribution in [3.05, 3.63) is 22.6 Å². The van der Waals surface area contributed by atoms with Gasteiger partial charge >= 0.3 is 5.97 Å². The van der Waals surface area contributed by atoms with Gasteiger partial charge in [0, 0.05) is 10.7 Å². The van der Waals surface area contributed by atoms with Crippen LogP contribution in [0.25, 0.3) is 11.2 Å². The fourth-order valence-corrected chi connectivity index (χ4v) is 1.22. The second kappa shape index (κ2) is 3.26. The normalized spacial score (nSPS) is 10.4. The van der Waals surface area contributed by atoms with Crippen LogP contribution < -0.4 is 0 Å². The van der Waals surface area contributed by atoms with E-state index in [-0.39, 0.29) is 5.82 Å². The molecule has 0 saturated heterocycles. The molecule has 2 rings (SSSR count). The molecule has 0 atom stereocenters. The van der Waals surface area contributed by atoms with E-state index < -0.39 is 5.97 Å². The Morgan fingerprint density at radius 3 is 2.93 bits per heavy atom. The maximum absolute atomic E-state index is 10.5. The van der Waals surface area contributed by atoms with Crippen molar-refractivity contribution >= 4 is 33.1 Å². The van der Waals surface area contributed by atoms with Crippen molar-refractivity contribution in [3.8, 4) is 0 Å². The Morgan fingerprint density at radius 1 is 1.43 bits per heavy atom. The van der Waals surface area contributed by atoms with Crippen LogP contribution in [-0.4, -0.2) is 31.2 Å². The number of carbonyl (C=O) groups is 1. The number of carboxylic acids is 1. The molecule has 2 aromatic heterocycles. The van der Waals surface area contributed by atoms with E-state index in [1.54, 1.807) is 12.3 Å². The van der Waals surface area contributed by atoms with Crippen molar-refractivity contribution in [2.24, 2.45) is 0 Å². The Kier molecular flexibility index (Phi) is 2.08.